The molecular weight excluding hydrogens is 1590 g/mol. The molecule has 7 N–H and O–H groups in total. The zero-order valence-corrected chi connectivity index (χ0v) is 67.2. The monoisotopic (exact) mass is 1670 g/mol. The number of halogens is 1. The quantitative estimate of drug-likeness (QED) is 0.0468. The Morgan fingerprint density at radius 2 is 0.529 bits per heavy atom. The number of para-hydroxylation sites is 8. The van der Waals surface area contributed by atoms with Gasteiger partial charge in [0.05, 0.1) is 87.1 Å². The number of pyridine rings is 8. The molecule has 8 aromatic heterocycles. The van der Waals surface area contributed by atoms with Crippen molar-refractivity contribution in [3.05, 3.63) is 324 Å². The third-order valence-corrected chi connectivity index (χ3v) is 23.2. The fourth-order valence-electron chi connectivity index (χ4n) is 17.0. The van der Waals surface area contributed by atoms with Gasteiger partial charge in [0, 0.05) is 152 Å². The Morgan fingerprint density at radius 1 is 0.281 bits per heavy atom. The fourth-order valence-corrected chi connectivity index (χ4v) is 17.2. The number of aliphatic hydroxyl groups is 2. The molecule has 2 aliphatic rings. The van der Waals surface area contributed by atoms with E-state index in [1.54, 1.807) is 72.8 Å². The summed E-state index contributed by atoms with van der Waals surface area (Å²) in [5.74, 6) is 0. The maximum atomic E-state index is 13.4. The van der Waals surface area contributed by atoms with Gasteiger partial charge < -0.3 is 67.8 Å². The van der Waals surface area contributed by atoms with Crippen LogP contribution in [0.25, 0.3) is 174 Å². The lowest BCUT2D eigenvalue weighted by Gasteiger charge is -2.23. The highest BCUT2D eigenvalue weighted by atomic mass is 79.9. The molecule has 10 heterocycles. The second kappa shape index (κ2) is 34.2. The summed E-state index contributed by atoms with van der Waals surface area (Å²) in [5.41, 5.74) is 11.0. The van der Waals surface area contributed by atoms with E-state index < -0.39 is 0 Å². The Labute approximate surface area is 694 Å². The number of H-pyrrole nitrogens is 5. The molecule has 121 heavy (non-hydrogen) atoms. The number of aromatic nitrogens is 8. The van der Waals surface area contributed by atoms with Gasteiger partial charge in [-0.3, -0.25) is 38.4 Å². The van der Waals surface area contributed by atoms with Gasteiger partial charge in [0.15, 0.2) is 56.0 Å². The molecule has 0 amide bonds. The second-order valence-electron chi connectivity index (χ2n) is 30.2. The third kappa shape index (κ3) is 15.0. The highest BCUT2D eigenvalue weighted by molar-refractivity contribution is 9.09. The lowest BCUT2D eigenvalue weighted by Crippen LogP contribution is -2.24. The van der Waals surface area contributed by atoms with Gasteiger partial charge in [-0.25, -0.2) is 0 Å². The van der Waals surface area contributed by atoms with Crippen molar-refractivity contribution in [2.75, 3.05) is 45.0 Å². The van der Waals surface area contributed by atoms with Crippen LogP contribution < -0.4 is 43.4 Å². The van der Waals surface area contributed by atoms with E-state index in [1.807, 2.05) is 179 Å². The summed E-state index contributed by atoms with van der Waals surface area (Å²) >= 11 is 3.30. The van der Waals surface area contributed by atoms with Crippen LogP contribution in [0, 0.1) is 0 Å². The van der Waals surface area contributed by atoms with Crippen LogP contribution in [0.1, 0.15) is 38.5 Å². The normalized spacial score (nSPS) is 14.3. The minimum absolute atomic E-state index is 0.0322. The Hall–Kier alpha value is -13.4. The van der Waals surface area contributed by atoms with Crippen molar-refractivity contribution in [1.82, 2.24) is 38.6 Å². The lowest BCUT2D eigenvalue weighted by molar-refractivity contribution is -0.163. The van der Waals surface area contributed by atoms with Crippen molar-refractivity contribution in [2.24, 2.45) is 0 Å². The first kappa shape index (κ1) is 78.8. The Bertz CT molecular complexity index is 7720. The molecule has 2 aliphatic heterocycles. The summed E-state index contributed by atoms with van der Waals surface area (Å²) in [6, 6.07) is 73.5. The van der Waals surface area contributed by atoms with Gasteiger partial charge >= 0.3 is 0 Å². The van der Waals surface area contributed by atoms with E-state index in [2.05, 4.69) is 45.4 Å². The van der Waals surface area contributed by atoms with Crippen LogP contribution in [0.15, 0.2) is 281 Å². The molecule has 23 heteroatoms. The van der Waals surface area contributed by atoms with Gasteiger partial charge in [-0.2, -0.15) is 0 Å². The first-order valence-corrected chi connectivity index (χ1v) is 41.6. The molecule has 2 saturated heterocycles. The van der Waals surface area contributed by atoms with Crippen molar-refractivity contribution in [1.29, 1.82) is 0 Å². The number of aliphatic hydroxyl groups excluding tert-OH is 2. The molecule has 22 rings (SSSR count). The molecule has 604 valence electrons. The topological polar surface area (TPSA) is 308 Å². The molecule has 22 nitrogen and oxygen atoms in total. The van der Waals surface area contributed by atoms with Gasteiger partial charge in [0.2, 0.25) is 0 Å². The molecule has 20 aromatic rings. The van der Waals surface area contributed by atoms with Crippen molar-refractivity contribution in [2.45, 2.75) is 70.7 Å². The summed E-state index contributed by atoms with van der Waals surface area (Å²) in [6.07, 6.45) is 6.48. The molecule has 2 unspecified atom stereocenters. The number of ether oxygens (including phenoxy) is 4. The number of nitrogens with one attached hydrogen (secondary N) is 5. The van der Waals surface area contributed by atoms with E-state index in [1.165, 1.54) is 12.8 Å². The van der Waals surface area contributed by atoms with E-state index in [-0.39, 0.29) is 69.2 Å². The van der Waals surface area contributed by atoms with Gasteiger partial charge in [0.1, 0.15) is 0 Å². The van der Waals surface area contributed by atoms with Gasteiger partial charge in [-0.05, 0) is 184 Å². The zero-order valence-electron chi connectivity index (χ0n) is 65.6. The maximum Gasteiger partial charge on any atom is 0.197 e. The Morgan fingerprint density at radius 3 is 0.810 bits per heavy atom. The molecule has 0 saturated carbocycles. The van der Waals surface area contributed by atoms with Crippen molar-refractivity contribution in [3.63, 3.8) is 0 Å². The van der Waals surface area contributed by atoms with Crippen LogP contribution in [0.2, 0.25) is 0 Å². The molecule has 0 radical (unpaired) electrons. The maximum absolute atomic E-state index is 13.4. The predicted octanol–water partition coefficient (Wildman–Crippen LogP) is 16.6. The van der Waals surface area contributed by atoms with Crippen LogP contribution in [-0.4, -0.2) is 106 Å². The summed E-state index contributed by atoms with van der Waals surface area (Å²) in [4.78, 5) is 121. The van der Waals surface area contributed by atoms with Crippen molar-refractivity contribution >= 4 is 190 Å². The number of nitrogens with zero attached hydrogens (tertiary/aromatic N) is 3. The first-order chi connectivity index (χ1) is 59.2. The highest BCUT2D eigenvalue weighted by Gasteiger charge is 2.22. The highest BCUT2D eigenvalue weighted by Crippen LogP contribution is 2.30. The summed E-state index contributed by atoms with van der Waals surface area (Å²) < 4.78 is 28.3. The minimum atomic E-state index is -0.175. The Kier molecular flexibility index (Phi) is 22.2. The summed E-state index contributed by atoms with van der Waals surface area (Å²) in [5, 5.41) is 29.4. The SMILES string of the molecule is BrCCOC1CCCCO1.O=c1c2ccccc2[nH]c2cc3c(=O)c4ccccc4[nH]c3cc12.O=c1c2ccccc2[nH]c2cc3c(=O)c4ccccc4n(CCO)c3cc12.O=c1c2ccccc2[nH]c2cc3c(=O)c4ccccc4n(CCO)c3cc12.O=c1c2ccccc2[nH]c2cc3c(=O)c4ccccc4n(CCOC4CCCCO4)c3cc12. The van der Waals surface area contributed by atoms with E-state index in [0.717, 1.165) is 100 Å². The van der Waals surface area contributed by atoms with Gasteiger partial charge in [0.25, 0.3) is 0 Å². The molecular formula is C98H81BrN8O14. The van der Waals surface area contributed by atoms with E-state index in [9.17, 15) is 48.6 Å². The van der Waals surface area contributed by atoms with Crippen LogP contribution in [-0.2, 0) is 38.6 Å². The standard InChI is InChI=1S/C27H24N2O4.2C22H16N2O3.C20H12N2O2.C7H13BrO2/c30-26-17-7-1-3-9-21(17)28-22-15-20-24(16-19(22)26)29(12-14-33-25-11-5-6-13-32-25)23-10-4-2-8-18(23)27(20)31;2*25-10-9-24-19-8-4-2-6-14(19)22(27)16-11-18-15(12-20(16)24)21(26)13-5-1-3-7-17(13)23-18;23-19-11-5-1-3-7-15(11)21-17-10-14-18(9-13(17)19)22-16-8-4-2-6-12(16)20(14)24;8-4-6-10-7-3-1-2-5-9-7/h1-4,7-10,15-16,25H,5-6,11-14H2,(H,28,30);2*1-8,11-12,25H,9-10H2,(H,23,26);1-10H,(H,21,23)(H,22,24);7H,1-6H2. The van der Waals surface area contributed by atoms with E-state index in [0.29, 0.717) is 151 Å². The summed E-state index contributed by atoms with van der Waals surface area (Å²) in [6.45, 7) is 3.92. The average molecular weight is 1670 g/mol. The van der Waals surface area contributed by atoms with Crippen LogP contribution >= 0.6 is 15.9 Å². The average Bonchev–Trinajstić information content (AvgIpc) is 0.746. The molecule has 2 atom stereocenters. The zero-order chi connectivity index (χ0) is 82.9. The molecule has 0 bridgehead atoms. The van der Waals surface area contributed by atoms with Crippen LogP contribution in [0.5, 0.6) is 0 Å². The van der Waals surface area contributed by atoms with Crippen LogP contribution in [0.4, 0.5) is 0 Å². The molecule has 2 fully saturated rings. The third-order valence-electron chi connectivity index (χ3n) is 22.8. The summed E-state index contributed by atoms with van der Waals surface area (Å²) in [7, 11) is 0. The number of alkyl halides is 1. The predicted molar refractivity (Wildman–Crippen MR) is 489 cm³/mol. The van der Waals surface area contributed by atoms with Crippen molar-refractivity contribution in [3.8, 4) is 0 Å². The Balaban J connectivity index is 0.000000107. The van der Waals surface area contributed by atoms with Gasteiger partial charge in [-0.1, -0.05) is 113 Å². The molecule has 12 aromatic carbocycles. The first-order valence-electron chi connectivity index (χ1n) is 40.5. The van der Waals surface area contributed by atoms with Crippen molar-refractivity contribution < 1.29 is 29.2 Å². The number of benzene rings is 12. The van der Waals surface area contributed by atoms with E-state index >= 15 is 0 Å². The van der Waals surface area contributed by atoms with Crippen LogP contribution in [0.3, 0.4) is 0 Å². The fraction of sp³-hybridized carbons (Fsp3) is 0.184. The second-order valence-corrected chi connectivity index (χ2v) is 30.9. The number of hydrogen-bond acceptors (Lipinski definition) is 14. The van der Waals surface area contributed by atoms with E-state index in [4.69, 9.17) is 18.9 Å². The smallest absolute Gasteiger partial charge is 0.197 e. The number of fused-ring (bicyclic) bond motifs is 16. The minimum Gasteiger partial charge on any atom is -0.395 e. The molecule has 0 aliphatic carbocycles. The largest absolute Gasteiger partial charge is 0.395 e. The van der Waals surface area contributed by atoms with Gasteiger partial charge in [-0.15, -0.1) is 0 Å². The lowest BCUT2D eigenvalue weighted by atomic mass is 10.0. The number of aromatic amines is 5. The molecule has 0 spiro atoms. The number of hydrogen-bond donors (Lipinski definition) is 7. The number of rotatable bonds is 11.